The largest absolute Gasteiger partial charge is 0.386 e. The molecule has 1 aromatic carbocycles. The number of rotatable bonds is 4. The van der Waals surface area contributed by atoms with Gasteiger partial charge in [0.1, 0.15) is 5.82 Å². The van der Waals surface area contributed by atoms with E-state index in [0.717, 1.165) is 12.2 Å². The van der Waals surface area contributed by atoms with Crippen LogP contribution in [0.1, 0.15) is 24.3 Å². The number of hydrogen-bond acceptors (Lipinski definition) is 2. The molecule has 0 aliphatic carbocycles. The monoisotopic (exact) mass is 268 g/mol. The summed E-state index contributed by atoms with van der Waals surface area (Å²) in [7, 11) is 0. The molecule has 0 radical (unpaired) electrons. The van der Waals surface area contributed by atoms with E-state index in [2.05, 4.69) is 4.98 Å². The summed E-state index contributed by atoms with van der Waals surface area (Å²) in [6.07, 6.45) is 2.93. The van der Waals surface area contributed by atoms with Crippen LogP contribution in [0.25, 0.3) is 0 Å². The van der Waals surface area contributed by atoms with E-state index < -0.39 is 11.9 Å². The number of aliphatic hydroxyl groups excluding tert-OH is 1. The Bertz CT molecular complexity index is 542. The molecule has 0 aliphatic rings. The molecule has 2 aromatic rings. The Morgan fingerprint density at radius 2 is 2.28 bits per heavy atom. The van der Waals surface area contributed by atoms with Gasteiger partial charge in [0.05, 0.1) is 29.3 Å². The summed E-state index contributed by atoms with van der Waals surface area (Å²) in [5.74, 6) is -0.467. The summed E-state index contributed by atoms with van der Waals surface area (Å²) in [6.45, 7) is 2.71. The van der Waals surface area contributed by atoms with Crippen molar-refractivity contribution in [1.29, 1.82) is 0 Å². The number of imidazole rings is 1. The molecule has 1 heterocycles. The highest BCUT2D eigenvalue weighted by atomic mass is 35.5. The van der Waals surface area contributed by atoms with E-state index in [-0.39, 0.29) is 5.02 Å². The van der Waals surface area contributed by atoms with Gasteiger partial charge in [-0.25, -0.2) is 9.37 Å². The highest BCUT2D eigenvalue weighted by molar-refractivity contribution is 6.30. The SMILES string of the molecule is CCn1cncc1C(O)Cc1ccc(Cl)c(F)c1. The van der Waals surface area contributed by atoms with Gasteiger partial charge in [0.15, 0.2) is 0 Å². The van der Waals surface area contributed by atoms with Crippen molar-refractivity contribution in [3.05, 3.63) is 52.8 Å². The molecular weight excluding hydrogens is 255 g/mol. The van der Waals surface area contributed by atoms with Gasteiger partial charge in [-0.05, 0) is 24.6 Å². The fourth-order valence-corrected chi connectivity index (χ4v) is 1.98. The molecule has 0 saturated carbocycles. The highest BCUT2D eigenvalue weighted by Crippen LogP contribution is 2.21. The molecule has 2 rings (SSSR count). The number of nitrogens with zero attached hydrogens (tertiary/aromatic N) is 2. The molecule has 0 saturated heterocycles. The first kappa shape index (κ1) is 13.1. The second-order valence-electron chi connectivity index (χ2n) is 4.07. The van der Waals surface area contributed by atoms with Gasteiger partial charge in [0.25, 0.3) is 0 Å². The Morgan fingerprint density at radius 1 is 1.50 bits per heavy atom. The normalized spacial score (nSPS) is 12.7. The van der Waals surface area contributed by atoms with Crippen LogP contribution in [0.2, 0.25) is 5.02 Å². The molecule has 5 heteroatoms. The predicted octanol–water partition coefficient (Wildman–Crippen LogP) is 2.97. The predicted molar refractivity (Wildman–Crippen MR) is 68.0 cm³/mol. The minimum Gasteiger partial charge on any atom is -0.386 e. The second kappa shape index (κ2) is 5.50. The van der Waals surface area contributed by atoms with Crippen LogP contribution in [0.15, 0.2) is 30.7 Å². The van der Waals surface area contributed by atoms with E-state index in [9.17, 15) is 9.50 Å². The molecule has 0 fully saturated rings. The summed E-state index contributed by atoms with van der Waals surface area (Å²) in [5, 5.41) is 10.2. The Hall–Kier alpha value is -1.39. The topological polar surface area (TPSA) is 38.0 Å². The zero-order valence-electron chi connectivity index (χ0n) is 9.98. The summed E-state index contributed by atoms with van der Waals surface area (Å²) >= 11 is 5.61. The minimum absolute atomic E-state index is 0.0897. The number of hydrogen-bond donors (Lipinski definition) is 1. The lowest BCUT2D eigenvalue weighted by atomic mass is 10.1. The van der Waals surface area contributed by atoms with Crippen molar-refractivity contribution < 1.29 is 9.50 Å². The summed E-state index contributed by atoms with van der Waals surface area (Å²) in [6, 6.07) is 4.55. The number of halogens is 2. The van der Waals surface area contributed by atoms with Gasteiger partial charge in [-0.3, -0.25) is 0 Å². The number of benzene rings is 1. The van der Waals surface area contributed by atoms with Gasteiger partial charge >= 0.3 is 0 Å². The van der Waals surface area contributed by atoms with Crippen molar-refractivity contribution in [2.24, 2.45) is 0 Å². The molecule has 1 N–H and O–H groups in total. The van der Waals surface area contributed by atoms with E-state index in [0.29, 0.717) is 12.0 Å². The molecule has 0 amide bonds. The average Bonchev–Trinajstić information content (AvgIpc) is 2.82. The third-order valence-electron chi connectivity index (χ3n) is 2.84. The number of aryl methyl sites for hydroxylation is 1. The van der Waals surface area contributed by atoms with Crippen molar-refractivity contribution >= 4 is 11.6 Å². The number of aliphatic hydroxyl groups is 1. The minimum atomic E-state index is -0.701. The van der Waals surface area contributed by atoms with Crippen LogP contribution in [-0.4, -0.2) is 14.7 Å². The Kier molecular flexibility index (Phi) is 3.99. The molecule has 1 atom stereocenters. The van der Waals surface area contributed by atoms with E-state index in [4.69, 9.17) is 11.6 Å². The summed E-state index contributed by atoms with van der Waals surface area (Å²) in [5.41, 5.74) is 1.43. The van der Waals surface area contributed by atoms with Gasteiger partial charge in [0, 0.05) is 13.0 Å². The molecule has 0 aliphatic heterocycles. The average molecular weight is 269 g/mol. The maximum atomic E-state index is 13.3. The van der Waals surface area contributed by atoms with Gasteiger partial charge in [-0.2, -0.15) is 0 Å². The third-order valence-corrected chi connectivity index (χ3v) is 3.15. The lowest BCUT2D eigenvalue weighted by Gasteiger charge is -2.13. The van der Waals surface area contributed by atoms with Gasteiger partial charge < -0.3 is 9.67 Å². The van der Waals surface area contributed by atoms with Gasteiger partial charge in [-0.15, -0.1) is 0 Å². The first-order chi connectivity index (χ1) is 8.61. The summed E-state index contributed by atoms with van der Waals surface area (Å²) in [4.78, 5) is 4.00. The fraction of sp³-hybridized carbons (Fsp3) is 0.308. The molecular formula is C13H14ClFN2O. The van der Waals surface area contributed by atoms with Crippen molar-refractivity contribution in [2.75, 3.05) is 0 Å². The van der Waals surface area contributed by atoms with Crippen molar-refractivity contribution in [3.63, 3.8) is 0 Å². The van der Waals surface area contributed by atoms with Crippen molar-refractivity contribution in [2.45, 2.75) is 26.0 Å². The fourth-order valence-electron chi connectivity index (χ4n) is 1.87. The van der Waals surface area contributed by atoms with Crippen LogP contribution in [0, 0.1) is 5.82 Å². The standard InChI is InChI=1S/C13H14ClFN2O/c1-2-17-8-16-7-12(17)13(18)6-9-3-4-10(14)11(15)5-9/h3-5,7-8,13,18H,2,6H2,1H3. The van der Waals surface area contributed by atoms with E-state index in [1.54, 1.807) is 18.6 Å². The molecule has 96 valence electrons. The molecule has 3 nitrogen and oxygen atoms in total. The lowest BCUT2D eigenvalue weighted by Crippen LogP contribution is -2.08. The van der Waals surface area contributed by atoms with Crippen LogP contribution in [0.3, 0.4) is 0 Å². The van der Waals surface area contributed by atoms with Crippen LogP contribution in [0.5, 0.6) is 0 Å². The van der Waals surface area contributed by atoms with Crippen LogP contribution >= 0.6 is 11.6 Å². The lowest BCUT2D eigenvalue weighted by molar-refractivity contribution is 0.169. The number of aromatic nitrogens is 2. The maximum absolute atomic E-state index is 13.3. The zero-order valence-corrected chi connectivity index (χ0v) is 10.7. The maximum Gasteiger partial charge on any atom is 0.142 e. The Morgan fingerprint density at radius 3 is 2.94 bits per heavy atom. The van der Waals surface area contributed by atoms with Crippen LogP contribution in [-0.2, 0) is 13.0 Å². The second-order valence-corrected chi connectivity index (χ2v) is 4.48. The first-order valence-electron chi connectivity index (χ1n) is 5.73. The summed E-state index contributed by atoms with van der Waals surface area (Å²) < 4.78 is 15.1. The molecule has 1 aromatic heterocycles. The van der Waals surface area contributed by atoms with Gasteiger partial charge in [-0.1, -0.05) is 17.7 Å². The van der Waals surface area contributed by atoms with Crippen molar-refractivity contribution in [3.8, 4) is 0 Å². The van der Waals surface area contributed by atoms with Crippen LogP contribution in [0.4, 0.5) is 4.39 Å². The smallest absolute Gasteiger partial charge is 0.142 e. The van der Waals surface area contributed by atoms with Crippen molar-refractivity contribution in [1.82, 2.24) is 9.55 Å². The molecule has 1 unspecified atom stereocenters. The van der Waals surface area contributed by atoms with E-state index in [1.165, 1.54) is 12.1 Å². The Balaban J connectivity index is 2.16. The van der Waals surface area contributed by atoms with Gasteiger partial charge in [0.2, 0.25) is 0 Å². The molecule has 18 heavy (non-hydrogen) atoms. The third kappa shape index (κ3) is 2.71. The highest BCUT2D eigenvalue weighted by Gasteiger charge is 2.13. The van der Waals surface area contributed by atoms with E-state index in [1.807, 2.05) is 11.5 Å². The Labute approximate surface area is 110 Å². The van der Waals surface area contributed by atoms with E-state index >= 15 is 0 Å². The first-order valence-corrected chi connectivity index (χ1v) is 6.11. The van der Waals surface area contributed by atoms with Crippen LogP contribution < -0.4 is 0 Å². The zero-order chi connectivity index (χ0) is 13.1. The molecule has 0 bridgehead atoms. The quantitative estimate of drug-likeness (QED) is 0.926. The molecule has 0 spiro atoms.